The van der Waals surface area contributed by atoms with E-state index in [1.807, 2.05) is 5.48 Å². The van der Waals surface area contributed by atoms with Crippen LogP contribution in [0.2, 0.25) is 0 Å². The molecule has 1 aromatic rings. The zero-order valence-corrected chi connectivity index (χ0v) is 8.54. The van der Waals surface area contributed by atoms with E-state index in [0.29, 0.717) is 0 Å². The highest BCUT2D eigenvalue weighted by Crippen LogP contribution is 2.16. The van der Waals surface area contributed by atoms with Crippen molar-refractivity contribution in [3.63, 3.8) is 0 Å². The summed E-state index contributed by atoms with van der Waals surface area (Å²) >= 11 is 3.01. The second-order valence-corrected chi connectivity index (χ2v) is 3.01. The Morgan fingerprint density at radius 3 is 2.86 bits per heavy atom. The van der Waals surface area contributed by atoms with E-state index in [1.165, 1.54) is 12.3 Å². The van der Waals surface area contributed by atoms with Crippen molar-refractivity contribution in [1.29, 1.82) is 0 Å². The number of hydrogen-bond donors (Lipinski definition) is 2. The van der Waals surface area contributed by atoms with Crippen LogP contribution in [-0.2, 0) is 9.63 Å². The molecule has 0 aliphatic heterocycles. The molecule has 0 bridgehead atoms. The van der Waals surface area contributed by atoms with Crippen LogP contribution in [0.4, 0.5) is 0 Å². The number of nitrogens with two attached hydrogens (primary N) is 1. The molecule has 14 heavy (non-hydrogen) atoms. The minimum atomic E-state index is -0.670. The maximum absolute atomic E-state index is 11.2. The van der Waals surface area contributed by atoms with Crippen LogP contribution >= 0.6 is 15.9 Å². The number of carbonyl (C=O) groups is 2. The topological polar surface area (TPSA) is 94.6 Å². The van der Waals surface area contributed by atoms with Gasteiger partial charge < -0.3 is 10.2 Å². The zero-order chi connectivity index (χ0) is 10.6. The van der Waals surface area contributed by atoms with Gasteiger partial charge in [-0.25, -0.2) is 5.48 Å². The Morgan fingerprint density at radius 1 is 1.64 bits per heavy atom. The van der Waals surface area contributed by atoms with E-state index in [9.17, 15) is 9.59 Å². The molecule has 0 atom stereocenters. The van der Waals surface area contributed by atoms with Gasteiger partial charge in [0, 0.05) is 0 Å². The van der Waals surface area contributed by atoms with E-state index < -0.39 is 11.8 Å². The van der Waals surface area contributed by atoms with Crippen molar-refractivity contribution < 1.29 is 18.8 Å². The van der Waals surface area contributed by atoms with Crippen LogP contribution in [0.15, 0.2) is 21.4 Å². The maximum atomic E-state index is 11.2. The van der Waals surface area contributed by atoms with Gasteiger partial charge in [-0.1, -0.05) is 0 Å². The Labute approximate surface area is 87.5 Å². The van der Waals surface area contributed by atoms with Crippen LogP contribution in [0.1, 0.15) is 10.4 Å². The number of primary amides is 1. The molecule has 0 saturated heterocycles. The molecule has 7 heteroatoms. The lowest BCUT2D eigenvalue weighted by Gasteiger charge is -2.01. The molecule has 0 spiro atoms. The maximum Gasteiger partial charge on any atom is 0.279 e. The summed E-state index contributed by atoms with van der Waals surface area (Å²) in [5, 5.41) is 0. The monoisotopic (exact) mass is 262 g/mol. The normalized spacial score (nSPS) is 9.79. The number of carbonyl (C=O) groups excluding carboxylic acids is 2. The van der Waals surface area contributed by atoms with Crippen molar-refractivity contribution in [2.24, 2.45) is 5.73 Å². The summed E-state index contributed by atoms with van der Waals surface area (Å²) in [4.78, 5) is 26.0. The molecular weight excluding hydrogens is 256 g/mol. The van der Waals surface area contributed by atoms with Gasteiger partial charge in [0.05, 0.1) is 11.8 Å². The van der Waals surface area contributed by atoms with Gasteiger partial charge in [-0.3, -0.25) is 14.4 Å². The van der Waals surface area contributed by atoms with Crippen LogP contribution in [0, 0.1) is 0 Å². The van der Waals surface area contributed by atoms with E-state index in [0.717, 1.165) is 0 Å². The molecule has 6 nitrogen and oxygen atoms in total. The van der Waals surface area contributed by atoms with Gasteiger partial charge in [-0.05, 0) is 22.0 Å². The van der Waals surface area contributed by atoms with Gasteiger partial charge in [0.25, 0.3) is 5.91 Å². The summed E-state index contributed by atoms with van der Waals surface area (Å²) in [7, 11) is 0. The lowest BCUT2D eigenvalue weighted by atomic mass is 10.3. The second kappa shape index (κ2) is 4.77. The van der Waals surface area contributed by atoms with Crippen LogP contribution in [-0.4, -0.2) is 18.4 Å². The summed E-state index contributed by atoms with van der Waals surface area (Å²) in [6, 6.07) is 1.45. The molecule has 0 radical (unpaired) electrons. The summed E-state index contributed by atoms with van der Waals surface area (Å²) < 4.78 is 5.11. The first-order valence-electron chi connectivity index (χ1n) is 3.54. The van der Waals surface area contributed by atoms with Gasteiger partial charge in [-0.15, -0.1) is 0 Å². The summed E-state index contributed by atoms with van der Waals surface area (Å²) in [6.45, 7) is -0.374. The summed E-state index contributed by atoms with van der Waals surface area (Å²) in [5.74, 6) is -1.19. The quantitative estimate of drug-likeness (QED) is 0.758. The predicted octanol–water partition coefficient (Wildman–Crippen LogP) is 0.189. The largest absolute Gasteiger partial charge is 0.457 e. The number of rotatable bonds is 4. The zero-order valence-electron chi connectivity index (χ0n) is 6.95. The van der Waals surface area contributed by atoms with Crippen molar-refractivity contribution in [2.45, 2.75) is 0 Å². The molecule has 0 fully saturated rings. The third-order valence-corrected chi connectivity index (χ3v) is 1.86. The van der Waals surface area contributed by atoms with Crippen LogP contribution in [0.5, 0.6) is 0 Å². The van der Waals surface area contributed by atoms with Crippen LogP contribution in [0.25, 0.3) is 0 Å². The molecule has 1 heterocycles. The lowest BCUT2D eigenvalue weighted by molar-refractivity contribution is -0.124. The number of nitrogens with one attached hydrogen (secondary N) is 1. The molecule has 3 N–H and O–H groups in total. The molecule has 1 aromatic heterocycles. The molecular formula is C7H7BrN2O4. The van der Waals surface area contributed by atoms with Crippen molar-refractivity contribution in [3.8, 4) is 0 Å². The molecule has 0 aliphatic carbocycles. The van der Waals surface area contributed by atoms with Crippen molar-refractivity contribution in [1.82, 2.24) is 5.48 Å². The minimum Gasteiger partial charge on any atom is -0.457 e. The van der Waals surface area contributed by atoms with E-state index in [-0.39, 0.29) is 16.8 Å². The smallest absolute Gasteiger partial charge is 0.279 e. The number of furan rings is 1. The van der Waals surface area contributed by atoms with Gasteiger partial charge in [0.15, 0.2) is 11.3 Å². The molecule has 0 unspecified atom stereocenters. The molecule has 0 aliphatic rings. The first-order chi connectivity index (χ1) is 6.61. The number of halogens is 1. The van der Waals surface area contributed by atoms with E-state index >= 15 is 0 Å². The van der Waals surface area contributed by atoms with E-state index in [4.69, 9.17) is 10.2 Å². The predicted molar refractivity (Wildman–Crippen MR) is 49.0 cm³/mol. The average Bonchev–Trinajstić information content (AvgIpc) is 2.50. The Hall–Kier alpha value is -1.34. The molecule has 1 rings (SSSR count). The third kappa shape index (κ3) is 2.86. The molecule has 2 amide bonds. The van der Waals surface area contributed by atoms with Crippen molar-refractivity contribution in [2.75, 3.05) is 6.61 Å². The van der Waals surface area contributed by atoms with Crippen LogP contribution in [0.3, 0.4) is 0 Å². The Kier molecular flexibility index (Phi) is 3.66. The number of amides is 2. The minimum absolute atomic E-state index is 0.273. The molecule has 76 valence electrons. The third-order valence-electron chi connectivity index (χ3n) is 1.24. The molecule has 0 saturated carbocycles. The average molecular weight is 263 g/mol. The number of hydroxylamine groups is 1. The Bertz CT molecular complexity index is 349. The van der Waals surface area contributed by atoms with Gasteiger partial charge in [0.2, 0.25) is 5.91 Å². The van der Waals surface area contributed by atoms with Gasteiger partial charge >= 0.3 is 0 Å². The number of hydrogen-bond acceptors (Lipinski definition) is 4. The van der Waals surface area contributed by atoms with E-state index in [1.54, 1.807) is 0 Å². The van der Waals surface area contributed by atoms with Crippen LogP contribution < -0.4 is 11.2 Å². The highest BCUT2D eigenvalue weighted by atomic mass is 79.9. The highest BCUT2D eigenvalue weighted by molar-refractivity contribution is 9.10. The SMILES string of the molecule is NC(=O)CONC(=O)c1ccoc1Br. The fourth-order valence-electron chi connectivity index (χ4n) is 0.683. The van der Waals surface area contributed by atoms with Crippen molar-refractivity contribution >= 4 is 27.7 Å². The van der Waals surface area contributed by atoms with Crippen molar-refractivity contribution in [3.05, 3.63) is 22.6 Å². The first kappa shape index (κ1) is 10.7. The van der Waals surface area contributed by atoms with Gasteiger partial charge in [-0.2, -0.15) is 0 Å². The Balaban J connectivity index is 2.44. The lowest BCUT2D eigenvalue weighted by Crippen LogP contribution is -2.29. The summed E-state index contributed by atoms with van der Waals surface area (Å²) in [6.07, 6.45) is 1.34. The second-order valence-electron chi connectivity index (χ2n) is 2.29. The van der Waals surface area contributed by atoms with Gasteiger partial charge in [0.1, 0.15) is 0 Å². The summed E-state index contributed by atoms with van der Waals surface area (Å²) in [5.41, 5.74) is 7.08. The fraction of sp³-hybridized carbons (Fsp3) is 0.143. The fourth-order valence-corrected chi connectivity index (χ4v) is 1.10. The molecule has 0 aromatic carbocycles. The highest BCUT2D eigenvalue weighted by Gasteiger charge is 2.12. The first-order valence-corrected chi connectivity index (χ1v) is 4.34. The van der Waals surface area contributed by atoms with E-state index in [2.05, 4.69) is 20.8 Å². The Morgan fingerprint density at radius 2 is 2.36 bits per heavy atom. The standard InChI is InChI=1S/C7H7BrN2O4/c8-6-4(1-2-13-6)7(12)10-14-3-5(9)11/h1-2H,3H2,(H2,9,11)(H,10,12).